The summed E-state index contributed by atoms with van der Waals surface area (Å²) in [6, 6.07) is 10.4. The smallest absolute Gasteiger partial charge is 0.276 e. The minimum Gasteiger partial charge on any atom is -0.492 e. The van der Waals surface area contributed by atoms with Gasteiger partial charge in [0.2, 0.25) is 0 Å². The first kappa shape index (κ1) is 25.1. The van der Waals surface area contributed by atoms with Gasteiger partial charge in [-0.25, -0.2) is 0 Å². The van der Waals surface area contributed by atoms with Crippen molar-refractivity contribution < 1.29 is 19.1 Å². The number of thiocarbonyl (C=S) groups is 1. The average Bonchev–Trinajstić information content (AvgIpc) is 2.72. The van der Waals surface area contributed by atoms with E-state index >= 15 is 0 Å². The Morgan fingerprint density at radius 3 is 2.42 bits per heavy atom. The number of hydrazine groups is 1. The van der Waals surface area contributed by atoms with Crippen molar-refractivity contribution in [1.29, 1.82) is 0 Å². The minimum absolute atomic E-state index is 0.0471. The van der Waals surface area contributed by atoms with Crippen LogP contribution in [-0.2, 0) is 4.79 Å². The van der Waals surface area contributed by atoms with E-state index in [4.69, 9.17) is 21.7 Å². The van der Waals surface area contributed by atoms with E-state index in [1.807, 2.05) is 19.1 Å². The first-order valence-electron chi connectivity index (χ1n) is 9.37. The van der Waals surface area contributed by atoms with Crippen molar-refractivity contribution in [2.45, 2.75) is 20.8 Å². The average molecular weight is 573 g/mol. The number of carbonyl (C=O) groups is 2. The predicted octanol–water partition coefficient (Wildman–Crippen LogP) is 4.27. The van der Waals surface area contributed by atoms with Crippen LogP contribution in [0.2, 0.25) is 0 Å². The van der Waals surface area contributed by atoms with E-state index in [2.05, 4.69) is 61.9 Å². The number of amides is 2. The molecule has 0 bridgehead atoms. The molecule has 0 saturated heterocycles. The zero-order chi connectivity index (χ0) is 23.0. The Hall–Kier alpha value is -2.17. The molecule has 0 aromatic heterocycles. The van der Waals surface area contributed by atoms with Gasteiger partial charge in [0.05, 0.1) is 11.1 Å². The molecular formula is C21H23Br2N3O4S. The third-order valence-corrected chi connectivity index (χ3v) is 5.52. The molecule has 7 nitrogen and oxygen atoms in total. The van der Waals surface area contributed by atoms with E-state index in [1.54, 1.807) is 24.3 Å². The Balaban J connectivity index is 1.78. The molecule has 0 unspecified atom stereocenters. The molecule has 0 spiro atoms. The third kappa shape index (κ3) is 8.47. The summed E-state index contributed by atoms with van der Waals surface area (Å²) < 4.78 is 12.7. The number of nitrogens with one attached hydrogen (secondary N) is 3. The van der Waals surface area contributed by atoms with E-state index in [0.29, 0.717) is 34.1 Å². The second kappa shape index (κ2) is 12.0. The summed E-state index contributed by atoms with van der Waals surface area (Å²) >= 11 is 11.8. The molecule has 3 N–H and O–H groups in total. The lowest BCUT2D eigenvalue weighted by Crippen LogP contribution is -2.49. The van der Waals surface area contributed by atoms with Gasteiger partial charge >= 0.3 is 0 Å². The second-order valence-electron chi connectivity index (χ2n) is 7.01. The maximum atomic E-state index is 12.4. The molecule has 10 heteroatoms. The van der Waals surface area contributed by atoms with Crippen LogP contribution in [-0.4, -0.2) is 30.1 Å². The first-order chi connectivity index (χ1) is 14.7. The Morgan fingerprint density at radius 2 is 1.77 bits per heavy atom. The van der Waals surface area contributed by atoms with E-state index in [9.17, 15) is 9.59 Å². The van der Waals surface area contributed by atoms with E-state index in [-0.39, 0.29) is 11.7 Å². The molecule has 166 valence electrons. The number of benzene rings is 2. The fourth-order valence-corrected chi connectivity index (χ4v) is 3.12. The minimum atomic E-state index is -0.452. The molecular weight excluding hydrogens is 550 g/mol. The maximum Gasteiger partial charge on any atom is 0.276 e. The van der Waals surface area contributed by atoms with Gasteiger partial charge in [-0.3, -0.25) is 25.8 Å². The molecule has 2 aromatic carbocycles. The normalized spacial score (nSPS) is 10.4. The highest BCUT2D eigenvalue weighted by molar-refractivity contribution is 9.10. The molecule has 0 aliphatic carbocycles. The van der Waals surface area contributed by atoms with Crippen LogP contribution in [0.15, 0.2) is 45.3 Å². The largest absolute Gasteiger partial charge is 0.492 e. The lowest BCUT2D eigenvalue weighted by Gasteiger charge is -2.13. The summed E-state index contributed by atoms with van der Waals surface area (Å²) in [7, 11) is 0. The summed E-state index contributed by atoms with van der Waals surface area (Å²) in [5.41, 5.74) is 6.22. The van der Waals surface area contributed by atoms with Crippen LogP contribution in [0.25, 0.3) is 0 Å². The molecule has 0 radical (unpaired) electrons. The summed E-state index contributed by atoms with van der Waals surface area (Å²) in [6.07, 6.45) is 0. The first-order valence-corrected chi connectivity index (χ1v) is 11.4. The highest BCUT2D eigenvalue weighted by Gasteiger charge is 2.12. The number of rotatable bonds is 7. The van der Waals surface area contributed by atoms with Crippen molar-refractivity contribution >= 4 is 61.0 Å². The van der Waals surface area contributed by atoms with Crippen LogP contribution in [0.5, 0.6) is 11.5 Å². The third-order valence-electron chi connectivity index (χ3n) is 3.81. The van der Waals surface area contributed by atoms with Crippen LogP contribution in [0, 0.1) is 12.8 Å². The molecule has 2 aromatic rings. The quantitative estimate of drug-likeness (QED) is 0.339. The molecule has 0 heterocycles. The molecule has 0 aliphatic rings. The number of carbonyl (C=O) groups excluding carboxylic acids is 2. The Kier molecular flexibility index (Phi) is 9.73. The highest BCUT2D eigenvalue weighted by atomic mass is 79.9. The van der Waals surface area contributed by atoms with Crippen molar-refractivity contribution in [1.82, 2.24) is 16.2 Å². The lowest BCUT2D eigenvalue weighted by molar-refractivity contribution is -0.123. The monoisotopic (exact) mass is 571 g/mol. The van der Waals surface area contributed by atoms with Crippen LogP contribution in [0.1, 0.15) is 29.8 Å². The van der Waals surface area contributed by atoms with Gasteiger partial charge < -0.3 is 9.47 Å². The molecule has 2 rings (SSSR count). The molecule has 0 aliphatic heterocycles. The number of hydrogen-bond donors (Lipinski definition) is 3. The van der Waals surface area contributed by atoms with Crippen LogP contribution in [0.4, 0.5) is 0 Å². The van der Waals surface area contributed by atoms with E-state index < -0.39 is 11.8 Å². The second-order valence-corrected chi connectivity index (χ2v) is 9.12. The number of halogens is 2. The van der Waals surface area contributed by atoms with E-state index in [1.165, 1.54) is 0 Å². The van der Waals surface area contributed by atoms with E-state index in [0.717, 1.165) is 10.0 Å². The Bertz CT molecular complexity index is 970. The van der Waals surface area contributed by atoms with Gasteiger partial charge in [-0.05, 0) is 83.0 Å². The van der Waals surface area contributed by atoms with Crippen molar-refractivity contribution in [3.05, 3.63) is 56.5 Å². The van der Waals surface area contributed by atoms with Gasteiger partial charge in [-0.1, -0.05) is 29.8 Å². The molecule has 31 heavy (non-hydrogen) atoms. The number of ether oxygens (including phenoxy) is 2. The van der Waals surface area contributed by atoms with Gasteiger partial charge in [0.25, 0.3) is 11.8 Å². The summed E-state index contributed by atoms with van der Waals surface area (Å²) in [4.78, 5) is 24.3. The zero-order valence-corrected chi connectivity index (χ0v) is 21.2. The van der Waals surface area contributed by atoms with Crippen LogP contribution in [0.3, 0.4) is 0 Å². The molecule has 0 atom stereocenters. The van der Waals surface area contributed by atoms with Crippen molar-refractivity contribution in [2.24, 2.45) is 5.92 Å². The summed E-state index contributed by atoms with van der Waals surface area (Å²) in [5.74, 6) is 0.728. The van der Waals surface area contributed by atoms with Crippen molar-refractivity contribution in [3.8, 4) is 11.5 Å². The van der Waals surface area contributed by atoms with Crippen molar-refractivity contribution in [2.75, 3.05) is 13.2 Å². The fourth-order valence-electron chi connectivity index (χ4n) is 2.24. The van der Waals surface area contributed by atoms with Crippen molar-refractivity contribution in [3.63, 3.8) is 0 Å². The van der Waals surface area contributed by atoms with Gasteiger partial charge in [0.15, 0.2) is 11.7 Å². The summed E-state index contributed by atoms with van der Waals surface area (Å²) in [5, 5.41) is 2.45. The highest BCUT2D eigenvalue weighted by Crippen LogP contribution is 2.26. The fraction of sp³-hybridized carbons (Fsp3) is 0.286. The molecule has 0 fully saturated rings. The summed E-state index contributed by atoms with van der Waals surface area (Å²) in [6.45, 7) is 6.38. The standard InChI is InChI=1S/C21H23Br2N3O4S/c1-12(2)10-30-18-7-4-14(9-17(18)23)20(28)24-21(31)26-25-19(27)11-29-15-5-6-16(22)13(3)8-15/h4-9,12H,10-11H2,1-3H3,(H,25,27)(H2,24,26,28,31). The maximum absolute atomic E-state index is 12.4. The predicted molar refractivity (Wildman–Crippen MR) is 130 cm³/mol. The van der Waals surface area contributed by atoms with Crippen LogP contribution < -0.4 is 25.6 Å². The number of hydrogen-bond acceptors (Lipinski definition) is 5. The molecule has 2 amide bonds. The zero-order valence-electron chi connectivity index (χ0n) is 17.3. The van der Waals surface area contributed by atoms with Gasteiger partial charge in [-0.15, -0.1) is 0 Å². The molecule has 0 saturated carbocycles. The van der Waals surface area contributed by atoms with Crippen LogP contribution >= 0.6 is 44.1 Å². The number of aryl methyl sites for hydroxylation is 1. The van der Waals surface area contributed by atoms with Gasteiger partial charge in [-0.2, -0.15) is 0 Å². The van der Waals surface area contributed by atoms with Gasteiger partial charge in [0, 0.05) is 10.0 Å². The Labute approximate surface area is 203 Å². The van der Waals surface area contributed by atoms with Gasteiger partial charge in [0.1, 0.15) is 11.5 Å². The topological polar surface area (TPSA) is 88.7 Å². The Morgan fingerprint density at radius 1 is 1.03 bits per heavy atom. The SMILES string of the molecule is Cc1cc(OCC(=O)NNC(=S)NC(=O)c2ccc(OCC(C)C)c(Br)c2)ccc1Br. The lowest BCUT2D eigenvalue weighted by atomic mass is 10.2.